The number of esters is 1. The SMILES string of the molecule is C=CC(=O)OCC(C)COc1ccc2cc(-c3ccccc3CC)c(=O)oc2c1. The molecule has 0 saturated heterocycles. The number of carbonyl (C=O) groups excluding carboxylic acids is 1. The second-order valence-corrected chi connectivity index (χ2v) is 6.91. The van der Waals surface area contributed by atoms with Crippen molar-refractivity contribution in [2.75, 3.05) is 13.2 Å². The molecule has 0 aliphatic rings. The van der Waals surface area contributed by atoms with Crippen LogP contribution in [0.3, 0.4) is 0 Å². The van der Waals surface area contributed by atoms with Gasteiger partial charge in [0.2, 0.25) is 0 Å². The molecule has 5 heteroatoms. The van der Waals surface area contributed by atoms with Crippen molar-refractivity contribution in [1.29, 1.82) is 0 Å². The van der Waals surface area contributed by atoms with E-state index in [4.69, 9.17) is 13.9 Å². The Labute approximate surface area is 169 Å². The van der Waals surface area contributed by atoms with Gasteiger partial charge in [-0.2, -0.15) is 0 Å². The van der Waals surface area contributed by atoms with Crippen molar-refractivity contribution in [3.8, 4) is 16.9 Å². The van der Waals surface area contributed by atoms with Gasteiger partial charge >= 0.3 is 11.6 Å². The monoisotopic (exact) mass is 392 g/mol. The van der Waals surface area contributed by atoms with E-state index in [1.54, 1.807) is 6.07 Å². The summed E-state index contributed by atoms with van der Waals surface area (Å²) >= 11 is 0. The van der Waals surface area contributed by atoms with Crippen LogP contribution in [-0.2, 0) is 16.0 Å². The molecular weight excluding hydrogens is 368 g/mol. The maximum atomic E-state index is 12.6. The summed E-state index contributed by atoms with van der Waals surface area (Å²) in [5, 5.41) is 0.825. The molecule has 1 atom stereocenters. The second-order valence-electron chi connectivity index (χ2n) is 6.91. The Bertz CT molecular complexity index is 1080. The van der Waals surface area contributed by atoms with Gasteiger partial charge in [0.05, 0.1) is 18.8 Å². The predicted molar refractivity (Wildman–Crippen MR) is 113 cm³/mol. The number of carbonyl (C=O) groups is 1. The van der Waals surface area contributed by atoms with Crippen LogP contribution in [0.15, 0.2) is 70.4 Å². The van der Waals surface area contributed by atoms with Gasteiger partial charge in [-0.25, -0.2) is 9.59 Å². The van der Waals surface area contributed by atoms with Gasteiger partial charge in [-0.15, -0.1) is 0 Å². The standard InChI is InChI=1S/C24H24O5/c1-4-17-8-6-7-9-20(17)21-12-18-10-11-19(13-22(18)29-24(21)26)27-14-16(3)15-28-23(25)5-2/h5-13,16H,2,4,14-15H2,1,3H3. The highest BCUT2D eigenvalue weighted by Crippen LogP contribution is 2.27. The normalized spacial score (nSPS) is 11.8. The highest BCUT2D eigenvalue weighted by Gasteiger charge is 2.12. The molecule has 0 amide bonds. The maximum absolute atomic E-state index is 12.6. The maximum Gasteiger partial charge on any atom is 0.344 e. The Morgan fingerprint density at radius 1 is 1.14 bits per heavy atom. The van der Waals surface area contributed by atoms with Crippen molar-refractivity contribution in [2.45, 2.75) is 20.3 Å². The number of benzene rings is 2. The summed E-state index contributed by atoms with van der Waals surface area (Å²) in [4.78, 5) is 23.7. The van der Waals surface area contributed by atoms with Gasteiger partial charge in [-0.3, -0.25) is 0 Å². The fourth-order valence-electron chi connectivity index (χ4n) is 3.03. The van der Waals surface area contributed by atoms with Crippen LogP contribution in [0.4, 0.5) is 0 Å². The molecular formula is C24H24O5. The first-order chi connectivity index (χ1) is 14.0. The average molecular weight is 392 g/mol. The number of rotatable bonds is 8. The third kappa shape index (κ3) is 4.93. The smallest absolute Gasteiger partial charge is 0.344 e. The third-order valence-electron chi connectivity index (χ3n) is 4.61. The highest BCUT2D eigenvalue weighted by molar-refractivity contribution is 5.83. The molecule has 1 heterocycles. The number of hydrogen-bond acceptors (Lipinski definition) is 5. The Hall–Kier alpha value is -3.34. The van der Waals surface area contributed by atoms with Gasteiger partial charge in [-0.1, -0.05) is 44.7 Å². The minimum absolute atomic E-state index is 0.00882. The molecule has 0 bridgehead atoms. The lowest BCUT2D eigenvalue weighted by atomic mass is 9.98. The second kappa shape index (κ2) is 9.24. The van der Waals surface area contributed by atoms with Crippen molar-refractivity contribution >= 4 is 16.9 Å². The lowest BCUT2D eigenvalue weighted by molar-refractivity contribution is -0.139. The van der Waals surface area contributed by atoms with Gasteiger partial charge in [0, 0.05) is 23.4 Å². The molecule has 3 rings (SSSR count). The van der Waals surface area contributed by atoms with E-state index in [-0.39, 0.29) is 18.2 Å². The summed E-state index contributed by atoms with van der Waals surface area (Å²) in [5.41, 5.74) is 2.65. The van der Waals surface area contributed by atoms with E-state index in [1.807, 2.05) is 49.4 Å². The van der Waals surface area contributed by atoms with Crippen molar-refractivity contribution in [2.24, 2.45) is 5.92 Å². The van der Waals surface area contributed by atoms with Crippen molar-refractivity contribution in [1.82, 2.24) is 0 Å². The van der Waals surface area contributed by atoms with Crippen LogP contribution in [0.2, 0.25) is 0 Å². The molecule has 1 aromatic heterocycles. The fourth-order valence-corrected chi connectivity index (χ4v) is 3.03. The molecule has 0 radical (unpaired) electrons. The summed E-state index contributed by atoms with van der Waals surface area (Å²) < 4.78 is 16.3. The van der Waals surface area contributed by atoms with Crippen molar-refractivity contribution < 1.29 is 18.7 Å². The molecule has 0 spiro atoms. The van der Waals surface area contributed by atoms with Crippen molar-refractivity contribution in [3.63, 3.8) is 0 Å². The third-order valence-corrected chi connectivity index (χ3v) is 4.61. The van der Waals surface area contributed by atoms with E-state index >= 15 is 0 Å². The lowest BCUT2D eigenvalue weighted by Gasteiger charge is -2.13. The Kier molecular flexibility index (Phi) is 6.50. The molecule has 0 N–H and O–H groups in total. The Morgan fingerprint density at radius 3 is 2.69 bits per heavy atom. The van der Waals surface area contributed by atoms with Crippen LogP contribution in [0.1, 0.15) is 19.4 Å². The Balaban J connectivity index is 1.78. The van der Waals surface area contributed by atoms with Crippen LogP contribution in [0.25, 0.3) is 22.1 Å². The van der Waals surface area contributed by atoms with Crippen LogP contribution in [-0.4, -0.2) is 19.2 Å². The van der Waals surface area contributed by atoms with Gasteiger partial charge in [-0.05, 0) is 35.7 Å². The zero-order valence-electron chi connectivity index (χ0n) is 16.6. The minimum Gasteiger partial charge on any atom is -0.493 e. The van der Waals surface area contributed by atoms with E-state index in [2.05, 4.69) is 13.5 Å². The lowest BCUT2D eigenvalue weighted by Crippen LogP contribution is -2.16. The number of fused-ring (bicyclic) bond motifs is 1. The Morgan fingerprint density at radius 2 is 1.93 bits per heavy atom. The first-order valence-electron chi connectivity index (χ1n) is 9.60. The molecule has 0 aliphatic carbocycles. The summed E-state index contributed by atoms with van der Waals surface area (Å²) in [7, 11) is 0. The van der Waals surface area contributed by atoms with Crippen LogP contribution < -0.4 is 10.4 Å². The molecule has 2 aromatic carbocycles. The summed E-state index contributed by atoms with van der Waals surface area (Å²) in [6, 6.07) is 15.1. The predicted octanol–water partition coefficient (Wildman–Crippen LogP) is 4.77. The first kappa shape index (κ1) is 20.4. The molecule has 150 valence electrons. The molecule has 0 aliphatic heterocycles. The topological polar surface area (TPSA) is 65.7 Å². The quantitative estimate of drug-likeness (QED) is 0.314. The van der Waals surface area contributed by atoms with E-state index in [0.29, 0.717) is 23.5 Å². The molecule has 5 nitrogen and oxygen atoms in total. The summed E-state index contributed by atoms with van der Waals surface area (Å²) in [6.45, 7) is 7.94. The van der Waals surface area contributed by atoms with E-state index in [1.165, 1.54) is 0 Å². The summed E-state index contributed by atoms with van der Waals surface area (Å²) in [6.07, 6.45) is 1.97. The van der Waals surface area contributed by atoms with Gasteiger partial charge in [0.1, 0.15) is 11.3 Å². The van der Waals surface area contributed by atoms with Gasteiger partial charge < -0.3 is 13.9 Å². The van der Waals surface area contributed by atoms with Crippen molar-refractivity contribution in [3.05, 3.63) is 77.2 Å². The van der Waals surface area contributed by atoms with Crippen LogP contribution >= 0.6 is 0 Å². The summed E-state index contributed by atoms with van der Waals surface area (Å²) in [5.74, 6) is 0.142. The molecule has 0 saturated carbocycles. The number of aryl methyl sites for hydroxylation is 1. The molecule has 1 unspecified atom stereocenters. The molecule has 0 fully saturated rings. The largest absolute Gasteiger partial charge is 0.493 e. The minimum atomic E-state index is -0.454. The average Bonchev–Trinajstić information content (AvgIpc) is 2.75. The van der Waals surface area contributed by atoms with Crippen LogP contribution in [0.5, 0.6) is 5.75 Å². The first-order valence-corrected chi connectivity index (χ1v) is 9.60. The molecule has 29 heavy (non-hydrogen) atoms. The van der Waals surface area contributed by atoms with E-state index in [9.17, 15) is 9.59 Å². The van der Waals surface area contributed by atoms with Gasteiger partial charge in [0.15, 0.2) is 0 Å². The zero-order chi connectivity index (χ0) is 20.8. The van der Waals surface area contributed by atoms with Gasteiger partial charge in [0.25, 0.3) is 0 Å². The number of hydrogen-bond donors (Lipinski definition) is 0. The van der Waals surface area contributed by atoms with Crippen LogP contribution in [0, 0.1) is 5.92 Å². The fraction of sp³-hybridized carbons (Fsp3) is 0.250. The zero-order valence-corrected chi connectivity index (χ0v) is 16.6. The van der Waals surface area contributed by atoms with E-state index < -0.39 is 5.97 Å². The number of ether oxygens (including phenoxy) is 2. The molecule has 3 aromatic rings. The van der Waals surface area contributed by atoms with E-state index in [0.717, 1.165) is 29.0 Å². The highest BCUT2D eigenvalue weighted by atomic mass is 16.5.